The predicted octanol–water partition coefficient (Wildman–Crippen LogP) is 3.90. The minimum Gasteiger partial charge on any atom is -0.351 e. The summed E-state index contributed by atoms with van der Waals surface area (Å²) in [5, 5.41) is 13.6. The van der Waals surface area contributed by atoms with E-state index in [9.17, 15) is 9.65 Å². The molecule has 3 aromatic heterocycles. The number of nitrogens with one attached hydrogen (secondary N) is 1. The maximum absolute atomic E-state index is 14.9. The number of hydrogen-bond donors (Lipinski definition) is 1. The fourth-order valence-electron chi connectivity index (χ4n) is 4.23. The van der Waals surface area contributed by atoms with Crippen molar-refractivity contribution in [2.45, 2.75) is 13.0 Å². The van der Waals surface area contributed by atoms with Crippen molar-refractivity contribution in [3.63, 3.8) is 0 Å². The molecule has 7 heteroatoms. The summed E-state index contributed by atoms with van der Waals surface area (Å²) < 4.78 is 16.8. The smallest absolute Gasteiger partial charge is 0.138 e. The molecule has 1 fully saturated rings. The number of anilines is 1. The fourth-order valence-corrected chi connectivity index (χ4v) is 4.23. The maximum Gasteiger partial charge on any atom is 0.138 e. The molecule has 0 amide bonds. The van der Waals surface area contributed by atoms with E-state index in [0.717, 1.165) is 41.9 Å². The van der Waals surface area contributed by atoms with Crippen molar-refractivity contribution in [1.82, 2.24) is 19.9 Å². The third kappa shape index (κ3) is 3.31. The first-order valence-corrected chi connectivity index (χ1v) is 10.3. The van der Waals surface area contributed by atoms with Gasteiger partial charge in [-0.2, -0.15) is 5.26 Å². The van der Waals surface area contributed by atoms with Gasteiger partial charge in [0.2, 0.25) is 0 Å². The number of halogens is 1. The van der Waals surface area contributed by atoms with Crippen LogP contribution >= 0.6 is 0 Å². The lowest BCUT2D eigenvalue weighted by Gasteiger charge is -2.35. The van der Waals surface area contributed by atoms with Crippen molar-refractivity contribution < 1.29 is 4.39 Å². The first kappa shape index (κ1) is 19.2. The summed E-state index contributed by atoms with van der Waals surface area (Å²) in [6.07, 6.45) is 5.29. The number of nitriles is 1. The van der Waals surface area contributed by atoms with Crippen molar-refractivity contribution in [1.29, 1.82) is 5.26 Å². The first-order valence-electron chi connectivity index (χ1n) is 10.3. The molecule has 0 spiro atoms. The Morgan fingerprint density at radius 3 is 2.77 bits per heavy atom. The molecule has 1 atom stereocenters. The van der Waals surface area contributed by atoms with Crippen LogP contribution in [0, 0.1) is 17.1 Å². The summed E-state index contributed by atoms with van der Waals surface area (Å²) >= 11 is 0. The van der Waals surface area contributed by atoms with E-state index in [4.69, 9.17) is 4.98 Å². The van der Waals surface area contributed by atoms with Crippen LogP contribution in [0.5, 0.6) is 0 Å². The fraction of sp³-hybridized carbons (Fsp3) is 0.208. The van der Waals surface area contributed by atoms with Crippen LogP contribution in [0.25, 0.3) is 27.8 Å². The third-order valence-corrected chi connectivity index (χ3v) is 5.75. The van der Waals surface area contributed by atoms with E-state index in [-0.39, 0.29) is 11.9 Å². The largest absolute Gasteiger partial charge is 0.351 e. The van der Waals surface area contributed by atoms with Crippen LogP contribution in [0.2, 0.25) is 0 Å². The zero-order chi connectivity index (χ0) is 21.4. The average Bonchev–Trinajstić information content (AvgIpc) is 3.20. The number of piperazine rings is 1. The monoisotopic (exact) mass is 412 g/mol. The lowest BCUT2D eigenvalue weighted by molar-refractivity contribution is 0.498. The minimum atomic E-state index is -0.288. The van der Waals surface area contributed by atoms with E-state index in [1.807, 2.05) is 22.9 Å². The summed E-state index contributed by atoms with van der Waals surface area (Å²) in [5.41, 5.74) is 2.66. The van der Waals surface area contributed by atoms with Gasteiger partial charge in [0.1, 0.15) is 17.5 Å². The molecule has 4 aromatic rings. The second-order valence-electron chi connectivity index (χ2n) is 7.68. The van der Waals surface area contributed by atoms with Crippen LogP contribution in [-0.4, -0.2) is 40.2 Å². The standard InChI is InChI=1S/C24H21FN6/c1-16-14-27-10-11-30(16)24-23-19(18-4-2-3-5-20(18)25)15-31(21(23)7-9-29-24)22-12-17(13-26)6-8-28-22/h2-9,12,15-16,27H,10-11,14H2,1H3/t16-/m0/s1. The molecule has 4 heterocycles. The van der Waals surface area contributed by atoms with Crippen LogP contribution in [0.1, 0.15) is 12.5 Å². The Kier molecular flexibility index (Phi) is 4.85. The number of benzene rings is 1. The van der Waals surface area contributed by atoms with Crippen molar-refractivity contribution in [2.24, 2.45) is 0 Å². The van der Waals surface area contributed by atoms with Gasteiger partial charge in [-0.3, -0.25) is 0 Å². The Balaban J connectivity index is 1.82. The van der Waals surface area contributed by atoms with Gasteiger partial charge in [0, 0.05) is 55.4 Å². The van der Waals surface area contributed by atoms with E-state index in [0.29, 0.717) is 16.9 Å². The molecule has 5 rings (SSSR count). The highest BCUT2D eigenvalue weighted by Crippen LogP contribution is 2.39. The van der Waals surface area contributed by atoms with Crippen LogP contribution in [0.15, 0.2) is 61.1 Å². The van der Waals surface area contributed by atoms with E-state index in [1.165, 1.54) is 6.07 Å². The maximum atomic E-state index is 14.9. The molecule has 0 unspecified atom stereocenters. The summed E-state index contributed by atoms with van der Waals surface area (Å²) in [5.74, 6) is 1.15. The highest BCUT2D eigenvalue weighted by molar-refractivity contribution is 6.04. The van der Waals surface area contributed by atoms with Crippen LogP contribution in [0.4, 0.5) is 10.2 Å². The molecule has 0 aliphatic carbocycles. The average molecular weight is 412 g/mol. The van der Waals surface area contributed by atoms with Gasteiger partial charge < -0.3 is 14.8 Å². The molecule has 154 valence electrons. The second kappa shape index (κ2) is 7.82. The van der Waals surface area contributed by atoms with E-state index in [1.54, 1.807) is 36.7 Å². The summed E-state index contributed by atoms with van der Waals surface area (Å²) in [4.78, 5) is 11.5. The van der Waals surface area contributed by atoms with Gasteiger partial charge in [-0.05, 0) is 31.2 Å². The minimum absolute atomic E-state index is 0.253. The van der Waals surface area contributed by atoms with Crippen LogP contribution in [-0.2, 0) is 0 Å². The molecule has 1 aliphatic heterocycles. The van der Waals surface area contributed by atoms with Gasteiger partial charge >= 0.3 is 0 Å². The van der Waals surface area contributed by atoms with Crippen molar-refractivity contribution in [3.05, 3.63) is 72.4 Å². The van der Waals surface area contributed by atoms with Gasteiger partial charge in [-0.15, -0.1) is 0 Å². The van der Waals surface area contributed by atoms with Gasteiger partial charge in [0.05, 0.1) is 22.5 Å². The number of rotatable bonds is 3. The van der Waals surface area contributed by atoms with E-state index in [2.05, 4.69) is 28.2 Å². The van der Waals surface area contributed by atoms with Crippen LogP contribution < -0.4 is 10.2 Å². The molecular formula is C24H21FN6. The molecule has 6 nitrogen and oxygen atoms in total. The van der Waals surface area contributed by atoms with Crippen LogP contribution in [0.3, 0.4) is 0 Å². The zero-order valence-corrected chi connectivity index (χ0v) is 17.1. The molecule has 31 heavy (non-hydrogen) atoms. The molecule has 0 saturated carbocycles. The summed E-state index contributed by atoms with van der Waals surface area (Å²) in [6.45, 7) is 4.70. The molecule has 0 radical (unpaired) electrons. The molecule has 0 bridgehead atoms. The number of pyridine rings is 2. The van der Waals surface area contributed by atoms with Gasteiger partial charge in [0.25, 0.3) is 0 Å². The normalized spacial score (nSPS) is 16.4. The second-order valence-corrected chi connectivity index (χ2v) is 7.68. The van der Waals surface area contributed by atoms with Gasteiger partial charge in [0.15, 0.2) is 0 Å². The Morgan fingerprint density at radius 2 is 1.97 bits per heavy atom. The van der Waals surface area contributed by atoms with Crippen molar-refractivity contribution in [3.8, 4) is 23.0 Å². The van der Waals surface area contributed by atoms with Gasteiger partial charge in [-0.25, -0.2) is 14.4 Å². The lowest BCUT2D eigenvalue weighted by atomic mass is 10.0. The Bertz CT molecular complexity index is 1310. The molecular weight excluding hydrogens is 391 g/mol. The summed E-state index contributed by atoms with van der Waals surface area (Å²) in [7, 11) is 0. The first-order chi connectivity index (χ1) is 15.2. The number of fused-ring (bicyclic) bond motifs is 1. The van der Waals surface area contributed by atoms with E-state index >= 15 is 0 Å². The van der Waals surface area contributed by atoms with Gasteiger partial charge in [-0.1, -0.05) is 18.2 Å². The molecule has 1 N–H and O–H groups in total. The SMILES string of the molecule is C[C@H]1CNCCN1c1nccc2c1c(-c1ccccc1F)cn2-c1cc(C#N)ccn1. The molecule has 1 aromatic carbocycles. The predicted molar refractivity (Wildman–Crippen MR) is 119 cm³/mol. The lowest BCUT2D eigenvalue weighted by Crippen LogP contribution is -2.50. The zero-order valence-electron chi connectivity index (χ0n) is 17.1. The third-order valence-electron chi connectivity index (χ3n) is 5.75. The Hall–Kier alpha value is -3.76. The number of nitrogens with zero attached hydrogens (tertiary/aromatic N) is 5. The topological polar surface area (TPSA) is 69.8 Å². The molecule has 1 saturated heterocycles. The summed E-state index contributed by atoms with van der Waals surface area (Å²) in [6, 6.07) is 14.5. The number of aromatic nitrogens is 3. The van der Waals surface area contributed by atoms with Crippen molar-refractivity contribution in [2.75, 3.05) is 24.5 Å². The van der Waals surface area contributed by atoms with E-state index < -0.39 is 0 Å². The highest BCUT2D eigenvalue weighted by atomic mass is 19.1. The highest BCUT2D eigenvalue weighted by Gasteiger charge is 2.25. The molecule has 1 aliphatic rings. The Labute approximate surface area is 179 Å². The number of hydrogen-bond acceptors (Lipinski definition) is 5. The Morgan fingerprint density at radius 1 is 1.13 bits per heavy atom. The van der Waals surface area contributed by atoms with Crippen molar-refractivity contribution >= 4 is 16.7 Å². The quantitative estimate of drug-likeness (QED) is 0.553.